The van der Waals surface area contributed by atoms with Crippen LogP contribution in [0.4, 0.5) is 5.69 Å². The average molecular weight is 524 g/mol. The fourth-order valence-corrected chi connectivity index (χ4v) is 4.94. The maximum atomic E-state index is 4.45. The van der Waals surface area contributed by atoms with Gasteiger partial charge in [-0.15, -0.1) is 24.0 Å². The molecule has 3 aliphatic rings. The van der Waals surface area contributed by atoms with Gasteiger partial charge in [0.25, 0.3) is 0 Å². The van der Waals surface area contributed by atoms with Crippen molar-refractivity contribution >= 4 is 35.6 Å². The van der Waals surface area contributed by atoms with E-state index in [2.05, 4.69) is 61.8 Å². The third kappa shape index (κ3) is 6.36. The molecule has 0 aromatic heterocycles. The molecule has 6 heteroatoms. The van der Waals surface area contributed by atoms with Crippen molar-refractivity contribution in [2.24, 2.45) is 4.99 Å². The summed E-state index contributed by atoms with van der Waals surface area (Å²) >= 11 is 0. The van der Waals surface area contributed by atoms with E-state index >= 15 is 0 Å². The van der Waals surface area contributed by atoms with Crippen LogP contribution in [0.5, 0.6) is 0 Å². The molecule has 0 unspecified atom stereocenters. The van der Waals surface area contributed by atoms with Gasteiger partial charge in [-0.3, -0.25) is 4.99 Å². The normalized spacial score (nSPS) is 21.5. The van der Waals surface area contributed by atoms with Crippen molar-refractivity contribution in [2.45, 2.75) is 63.6 Å². The smallest absolute Gasteiger partial charge is 0.191 e. The topological polar surface area (TPSA) is 42.9 Å². The number of rotatable bonds is 5. The Morgan fingerprint density at radius 3 is 2.27 bits per heavy atom. The van der Waals surface area contributed by atoms with Crippen LogP contribution in [0.1, 0.15) is 50.5 Å². The number of anilines is 1. The Labute approximate surface area is 199 Å². The van der Waals surface area contributed by atoms with E-state index < -0.39 is 0 Å². The molecule has 1 aromatic rings. The van der Waals surface area contributed by atoms with E-state index in [4.69, 9.17) is 0 Å². The first kappa shape index (κ1) is 23.4. The second-order valence-electron chi connectivity index (χ2n) is 8.72. The summed E-state index contributed by atoms with van der Waals surface area (Å²) in [7, 11) is 1.87. The number of halogens is 1. The van der Waals surface area contributed by atoms with Gasteiger partial charge in [0.2, 0.25) is 0 Å². The molecule has 166 valence electrons. The minimum absolute atomic E-state index is 0. The summed E-state index contributed by atoms with van der Waals surface area (Å²) in [5.41, 5.74) is 2.59. The molecule has 0 amide bonds. The van der Waals surface area contributed by atoms with Crippen LogP contribution in [0.3, 0.4) is 0 Å². The summed E-state index contributed by atoms with van der Waals surface area (Å²) < 4.78 is 0. The SMILES string of the molecule is CN=C(NCc1ccc(N2CC=CC2)cc1)NC1CCN(C2CCCCC2)CC1.I. The van der Waals surface area contributed by atoms with Crippen molar-refractivity contribution in [1.29, 1.82) is 0 Å². The van der Waals surface area contributed by atoms with E-state index in [1.54, 1.807) is 0 Å². The van der Waals surface area contributed by atoms with Crippen molar-refractivity contribution in [1.82, 2.24) is 15.5 Å². The summed E-state index contributed by atoms with van der Waals surface area (Å²) in [5, 5.41) is 7.15. The predicted octanol–water partition coefficient (Wildman–Crippen LogP) is 4.14. The van der Waals surface area contributed by atoms with E-state index in [9.17, 15) is 0 Å². The molecule has 5 nitrogen and oxygen atoms in total. The van der Waals surface area contributed by atoms with Crippen LogP contribution >= 0.6 is 24.0 Å². The number of aliphatic imine (C=N–C) groups is 1. The number of guanidine groups is 1. The zero-order valence-corrected chi connectivity index (χ0v) is 20.7. The van der Waals surface area contributed by atoms with Gasteiger partial charge < -0.3 is 20.4 Å². The molecule has 0 spiro atoms. The lowest BCUT2D eigenvalue weighted by molar-refractivity contribution is 0.119. The van der Waals surface area contributed by atoms with Gasteiger partial charge in [0.05, 0.1) is 0 Å². The van der Waals surface area contributed by atoms with Gasteiger partial charge >= 0.3 is 0 Å². The van der Waals surface area contributed by atoms with Crippen LogP contribution in [-0.2, 0) is 6.54 Å². The first-order valence-corrected chi connectivity index (χ1v) is 11.5. The fourth-order valence-electron chi connectivity index (χ4n) is 4.94. The maximum Gasteiger partial charge on any atom is 0.191 e. The van der Waals surface area contributed by atoms with Crippen molar-refractivity contribution in [3.8, 4) is 0 Å². The minimum Gasteiger partial charge on any atom is -0.364 e. The van der Waals surface area contributed by atoms with Crippen molar-refractivity contribution in [3.63, 3.8) is 0 Å². The van der Waals surface area contributed by atoms with Crippen LogP contribution in [0.25, 0.3) is 0 Å². The molecule has 0 bridgehead atoms. The lowest BCUT2D eigenvalue weighted by atomic mass is 9.92. The van der Waals surface area contributed by atoms with Crippen molar-refractivity contribution in [3.05, 3.63) is 42.0 Å². The Morgan fingerprint density at radius 2 is 1.63 bits per heavy atom. The summed E-state index contributed by atoms with van der Waals surface area (Å²) in [6.07, 6.45) is 14.0. The third-order valence-corrected chi connectivity index (χ3v) is 6.76. The summed E-state index contributed by atoms with van der Waals surface area (Å²) in [6, 6.07) is 10.3. The molecule has 0 atom stereocenters. The predicted molar refractivity (Wildman–Crippen MR) is 138 cm³/mol. The Kier molecular flexibility index (Phi) is 9.30. The molecule has 30 heavy (non-hydrogen) atoms. The molecule has 2 aliphatic heterocycles. The van der Waals surface area contributed by atoms with Gasteiger partial charge in [-0.2, -0.15) is 0 Å². The molecule has 2 N–H and O–H groups in total. The van der Waals surface area contributed by atoms with Crippen LogP contribution in [0, 0.1) is 0 Å². The van der Waals surface area contributed by atoms with Crippen LogP contribution in [0.2, 0.25) is 0 Å². The zero-order valence-electron chi connectivity index (χ0n) is 18.4. The van der Waals surface area contributed by atoms with Crippen LogP contribution in [-0.4, -0.2) is 56.2 Å². The van der Waals surface area contributed by atoms with E-state index in [-0.39, 0.29) is 24.0 Å². The molecule has 1 aliphatic carbocycles. The number of piperidine rings is 1. The highest BCUT2D eigenvalue weighted by Crippen LogP contribution is 2.25. The van der Waals surface area contributed by atoms with Gasteiger partial charge in [0.15, 0.2) is 5.96 Å². The number of benzene rings is 1. The molecule has 0 radical (unpaired) electrons. The molecular weight excluding hydrogens is 485 g/mol. The largest absolute Gasteiger partial charge is 0.364 e. The first-order valence-electron chi connectivity index (χ1n) is 11.5. The molecule has 1 saturated heterocycles. The summed E-state index contributed by atoms with van der Waals surface area (Å²) in [4.78, 5) is 9.56. The van der Waals surface area contributed by atoms with Crippen molar-refractivity contribution < 1.29 is 0 Å². The van der Waals surface area contributed by atoms with E-state index in [1.807, 2.05) is 7.05 Å². The van der Waals surface area contributed by atoms with Crippen LogP contribution in [0.15, 0.2) is 41.4 Å². The Hall–Kier alpha value is -1.28. The molecule has 1 saturated carbocycles. The highest BCUT2D eigenvalue weighted by Gasteiger charge is 2.26. The number of nitrogens with one attached hydrogen (secondary N) is 2. The fraction of sp³-hybridized carbons (Fsp3) is 0.625. The quantitative estimate of drug-likeness (QED) is 0.264. The maximum absolute atomic E-state index is 4.45. The van der Waals surface area contributed by atoms with Gasteiger partial charge in [-0.25, -0.2) is 0 Å². The standard InChI is InChI=1S/C24H37N5.HI/c1-25-24(26-19-20-9-11-23(12-10-20)28-15-5-6-16-28)27-21-13-17-29(18-14-21)22-7-3-2-4-8-22;/h5-6,9-12,21-22H,2-4,7-8,13-19H2,1H3,(H2,25,26,27);1H. The molecule has 4 rings (SSSR count). The van der Waals surface area contributed by atoms with E-state index in [0.717, 1.165) is 31.6 Å². The summed E-state index contributed by atoms with van der Waals surface area (Å²) in [5.74, 6) is 0.925. The van der Waals surface area contributed by atoms with Gasteiger partial charge in [0, 0.05) is 57.5 Å². The number of likely N-dealkylation sites (tertiary alicyclic amines) is 1. The Morgan fingerprint density at radius 1 is 0.967 bits per heavy atom. The average Bonchev–Trinajstić information content (AvgIpc) is 3.33. The second-order valence-corrected chi connectivity index (χ2v) is 8.72. The second kappa shape index (κ2) is 11.9. The van der Waals surface area contributed by atoms with Gasteiger partial charge in [-0.05, 0) is 43.4 Å². The highest BCUT2D eigenvalue weighted by molar-refractivity contribution is 14.0. The molecule has 1 aromatic carbocycles. The van der Waals surface area contributed by atoms with Crippen LogP contribution < -0.4 is 15.5 Å². The molecule has 2 heterocycles. The lowest BCUT2D eigenvalue weighted by Gasteiger charge is -2.39. The van der Waals surface area contributed by atoms with Crippen molar-refractivity contribution in [2.75, 3.05) is 38.1 Å². The first-order chi connectivity index (χ1) is 14.3. The van der Waals surface area contributed by atoms with Gasteiger partial charge in [0.1, 0.15) is 0 Å². The van der Waals surface area contributed by atoms with E-state index in [1.165, 1.54) is 69.3 Å². The lowest BCUT2D eigenvalue weighted by Crippen LogP contribution is -2.50. The number of hydrogen-bond donors (Lipinski definition) is 2. The molecule has 2 fully saturated rings. The number of nitrogens with zero attached hydrogens (tertiary/aromatic N) is 3. The minimum atomic E-state index is 0. The Bertz CT molecular complexity index is 680. The Balaban J connectivity index is 0.00000256. The molecular formula is C24H38IN5. The third-order valence-electron chi connectivity index (χ3n) is 6.76. The monoisotopic (exact) mass is 523 g/mol. The summed E-state index contributed by atoms with van der Waals surface area (Å²) in [6.45, 7) is 5.30. The zero-order chi connectivity index (χ0) is 19.9. The number of hydrogen-bond acceptors (Lipinski definition) is 3. The highest BCUT2D eigenvalue weighted by atomic mass is 127. The van der Waals surface area contributed by atoms with Gasteiger partial charge in [-0.1, -0.05) is 43.5 Å². The van der Waals surface area contributed by atoms with E-state index in [0.29, 0.717) is 6.04 Å².